The third kappa shape index (κ3) is 3.32. The molecule has 2 N–H and O–H groups in total. The second-order valence-corrected chi connectivity index (χ2v) is 8.56. The van der Waals surface area contributed by atoms with Crippen LogP contribution in [0, 0.1) is 5.82 Å². The van der Waals surface area contributed by atoms with Gasteiger partial charge < -0.3 is 10.4 Å². The van der Waals surface area contributed by atoms with Gasteiger partial charge >= 0.3 is 0 Å². The molecule has 4 rings (SSSR count). The highest BCUT2D eigenvalue weighted by Gasteiger charge is 2.51. The van der Waals surface area contributed by atoms with Crippen LogP contribution in [0.15, 0.2) is 53.9 Å². The van der Waals surface area contributed by atoms with Crippen molar-refractivity contribution < 1.29 is 14.3 Å². The summed E-state index contributed by atoms with van der Waals surface area (Å²) in [6.07, 6.45) is 0.770. The van der Waals surface area contributed by atoms with Crippen LogP contribution in [0.25, 0.3) is 9.75 Å². The Bertz CT molecular complexity index is 898. The summed E-state index contributed by atoms with van der Waals surface area (Å²) in [6.45, 7) is 0.173. The maximum absolute atomic E-state index is 13.1. The Kier molecular flexibility index (Phi) is 4.65. The van der Waals surface area contributed by atoms with Gasteiger partial charge in [-0.1, -0.05) is 18.2 Å². The zero-order valence-corrected chi connectivity index (χ0v) is 15.6. The lowest BCUT2D eigenvalue weighted by molar-refractivity contribution is -0.124. The number of carbonyl (C=O) groups is 1. The van der Waals surface area contributed by atoms with Gasteiger partial charge in [0, 0.05) is 21.2 Å². The van der Waals surface area contributed by atoms with E-state index in [0.717, 1.165) is 28.2 Å². The third-order valence-corrected chi connectivity index (χ3v) is 7.01. The highest BCUT2D eigenvalue weighted by Crippen LogP contribution is 2.48. The third-order valence-electron chi connectivity index (χ3n) is 4.76. The first-order valence-corrected chi connectivity index (χ1v) is 10.1. The van der Waals surface area contributed by atoms with Crippen molar-refractivity contribution >= 4 is 28.6 Å². The minimum absolute atomic E-state index is 0.0989. The van der Waals surface area contributed by atoms with Gasteiger partial charge in [-0.3, -0.25) is 4.79 Å². The molecule has 1 aliphatic carbocycles. The summed E-state index contributed by atoms with van der Waals surface area (Å²) >= 11 is 3.20. The summed E-state index contributed by atoms with van der Waals surface area (Å²) in [4.78, 5) is 15.8. The van der Waals surface area contributed by atoms with E-state index in [1.54, 1.807) is 23.5 Å². The summed E-state index contributed by atoms with van der Waals surface area (Å²) in [6, 6.07) is 14.1. The lowest BCUT2D eigenvalue weighted by Gasteiger charge is -2.17. The quantitative estimate of drug-likeness (QED) is 0.654. The van der Waals surface area contributed by atoms with E-state index in [9.17, 15) is 14.3 Å². The number of halogens is 1. The normalized spacial score (nSPS) is 16.2. The minimum atomic E-state index is -0.735. The average Bonchev–Trinajstić information content (AvgIpc) is 3.07. The molecule has 0 saturated heterocycles. The molecule has 3 aromatic rings. The lowest BCUT2D eigenvalue weighted by Crippen LogP contribution is -2.37. The molecule has 1 amide bonds. The SMILES string of the molecule is O=C(NC[C@H](O)c1ccc(-c2cccs2)s1)C1(c2ccc(F)cc2)CC1. The largest absolute Gasteiger partial charge is 0.386 e. The first kappa shape index (κ1) is 17.4. The van der Waals surface area contributed by atoms with Crippen LogP contribution in [0.5, 0.6) is 0 Å². The van der Waals surface area contributed by atoms with E-state index in [1.807, 2.05) is 29.6 Å². The minimum Gasteiger partial charge on any atom is -0.386 e. The van der Waals surface area contributed by atoms with Crippen molar-refractivity contribution in [3.8, 4) is 9.75 Å². The molecule has 134 valence electrons. The van der Waals surface area contributed by atoms with Gasteiger partial charge in [0.25, 0.3) is 0 Å². The Morgan fingerprint density at radius 1 is 1.15 bits per heavy atom. The molecule has 3 nitrogen and oxygen atoms in total. The number of thiophene rings is 2. The van der Waals surface area contributed by atoms with Gasteiger partial charge in [0.05, 0.1) is 5.41 Å². The molecule has 1 saturated carbocycles. The second-order valence-electron chi connectivity index (χ2n) is 6.49. The van der Waals surface area contributed by atoms with E-state index in [2.05, 4.69) is 5.32 Å². The Hall–Kier alpha value is -2.02. The molecule has 2 aromatic heterocycles. The van der Waals surface area contributed by atoms with Crippen molar-refractivity contribution in [3.05, 3.63) is 70.2 Å². The van der Waals surface area contributed by atoms with Gasteiger partial charge in [-0.2, -0.15) is 0 Å². The van der Waals surface area contributed by atoms with E-state index < -0.39 is 11.5 Å². The fourth-order valence-corrected chi connectivity index (χ4v) is 4.91. The van der Waals surface area contributed by atoms with E-state index in [4.69, 9.17) is 0 Å². The van der Waals surface area contributed by atoms with Gasteiger partial charge in [-0.05, 0) is 54.1 Å². The van der Waals surface area contributed by atoms with Crippen LogP contribution in [-0.2, 0) is 10.2 Å². The van der Waals surface area contributed by atoms with Gasteiger partial charge in [0.1, 0.15) is 11.9 Å². The molecule has 1 atom stereocenters. The molecule has 0 spiro atoms. The topological polar surface area (TPSA) is 49.3 Å². The maximum Gasteiger partial charge on any atom is 0.230 e. The molecule has 1 aromatic carbocycles. The predicted octanol–water partition coefficient (Wildman–Crippen LogP) is 4.50. The molecule has 26 heavy (non-hydrogen) atoms. The molecule has 2 heterocycles. The summed E-state index contributed by atoms with van der Waals surface area (Å²) in [7, 11) is 0. The number of rotatable bonds is 6. The van der Waals surface area contributed by atoms with E-state index in [0.29, 0.717) is 0 Å². The Labute approximate surface area is 159 Å². The molecular formula is C20H18FNO2S2. The molecule has 0 radical (unpaired) electrons. The Morgan fingerprint density at radius 3 is 2.58 bits per heavy atom. The molecule has 0 unspecified atom stereocenters. The second kappa shape index (κ2) is 6.95. The van der Waals surface area contributed by atoms with Crippen LogP contribution < -0.4 is 5.32 Å². The monoisotopic (exact) mass is 387 g/mol. The number of benzene rings is 1. The molecule has 0 bridgehead atoms. The van der Waals surface area contributed by atoms with Gasteiger partial charge in [-0.15, -0.1) is 22.7 Å². The molecule has 6 heteroatoms. The predicted molar refractivity (Wildman–Crippen MR) is 103 cm³/mol. The van der Waals surface area contributed by atoms with E-state index in [-0.39, 0.29) is 18.3 Å². The van der Waals surface area contributed by atoms with Crippen molar-refractivity contribution in [1.29, 1.82) is 0 Å². The number of hydrogen-bond acceptors (Lipinski definition) is 4. The summed E-state index contributed by atoms with van der Waals surface area (Å²) in [5.41, 5.74) is 0.271. The number of aliphatic hydroxyl groups is 1. The lowest BCUT2D eigenvalue weighted by atomic mass is 9.95. The van der Waals surface area contributed by atoms with Crippen molar-refractivity contribution in [2.45, 2.75) is 24.4 Å². The number of aliphatic hydroxyl groups excluding tert-OH is 1. The molecule has 0 aliphatic heterocycles. The van der Waals surface area contributed by atoms with Crippen LogP contribution in [0.3, 0.4) is 0 Å². The van der Waals surface area contributed by atoms with Gasteiger partial charge in [0.2, 0.25) is 5.91 Å². The zero-order valence-electron chi connectivity index (χ0n) is 13.9. The summed E-state index contributed by atoms with van der Waals surface area (Å²) < 4.78 is 13.1. The van der Waals surface area contributed by atoms with Crippen molar-refractivity contribution in [3.63, 3.8) is 0 Å². The first-order valence-electron chi connectivity index (χ1n) is 8.44. The smallest absolute Gasteiger partial charge is 0.230 e. The standard InChI is InChI=1S/C20H18FNO2S2/c21-14-5-3-13(4-6-14)20(9-10-20)19(24)22-12-15(23)16-7-8-18(26-16)17-2-1-11-25-17/h1-8,11,15,23H,9-10,12H2,(H,22,24)/t15-/m0/s1. The van der Waals surface area contributed by atoms with Crippen LogP contribution in [-0.4, -0.2) is 17.6 Å². The molecular weight excluding hydrogens is 369 g/mol. The Balaban J connectivity index is 1.39. The fraction of sp³-hybridized carbons (Fsp3) is 0.250. The number of hydrogen-bond donors (Lipinski definition) is 2. The van der Waals surface area contributed by atoms with E-state index in [1.165, 1.54) is 28.3 Å². The van der Waals surface area contributed by atoms with Crippen LogP contribution in [0.1, 0.15) is 29.4 Å². The first-order chi connectivity index (χ1) is 12.6. The summed E-state index contributed by atoms with van der Waals surface area (Å²) in [5, 5.41) is 15.3. The number of nitrogens with one attached hydrogen (secondary N) is 1. The van der Waals surface area contributed by atoms with Crippen molar-refractivity contribution in [2.75, 3.05) is 6.54 Å². The van der Waals surface area contributed by atoms with E-state index >= 15 is 0 Å². The van der Waals surface area contributed by atoms with Crippen molar-refractivity contribution in [2.24, 2.45) is 0 Å². The summed E-state index contributed by atoms with van der Waals surface area (Å²) in [5.74, 6) is -0.405. The number of amides is 1. The van der Waals surface area contributed by atoms with Crippen LogP contribution in [0.2, 0.25) is 0 Å². The van der Waals surface area contributed by atoms with Crippen LogP contribution >= 0.6 is 22.7 Å². The van der Waals surface area contributed by atoms with Gasteiger partial charge in [-0.25, -0.2) is 4.39 Å². The molecule has 1 fully saturated rings. The Morgan fingerprint density at radius 2 is 1.92 bits per heavy atom. The van der Waals surface area contributed by atoms with Gasteiger partial charge in [0.15, 0.2) is 0 Å². The highest BCUT2D eigenvalue weighted by molar-refractivity contribution is 7.21. The maximum atomic E-state index is 13.1. The van der Waals surface area contributed by atoms with Crippen LogP contribution in [0.4, 0.5) is 4.39 Å². The number of carbonyl (C=O) groups excluding carboxylic acids is 1. The molecule has 1 aliphatic rings. The highest BCUT2D eigenvalue weighted by atomic mass is 32.1. The zero-order chi connectivity index (χ0) is 18.1. The average molecular weight is 388 g/mol. The fourth-order valence-electron chi connectivity index (χ4n) is 3.08. The van der Waals surface area contributed by atoms with Crippen molar-refractivity contribution in [1.82, 2.24) is 5.32 Å².